The Labute approximate surface area is 142 Å². The smallest absolute Gasteiger partial charge is 0.407 e. The van der Waals surface area contributed by atoms with Crippen LogP contribution in [-0.2, 0) is 9.53 Å². The van der Waals surface area contributed by atoms with Crippen LogP contribution in [0.15, 0.2) is 24.3 Å². The van der Waals surface area contributed by atoms with Crippen molar-refractivity contribution in [3.05, 3.63) is 29.8 Å². The van der Waals surface area contributed by atoms with Crippen molar-refractivity contribution in [3.8, 4) is 11.8 Å². The molecule has 0 saturated carbocycles. The number of rotatable bonds is 5. The second-order valence-electron chi connectivity index (χ2n) is 6.12. The van der Waals surface area contributed by atoms with Gasteiger partial charge in [0.05, 0.1) is 0 Å². The van der Waals surface area contributed by atoms with Crippen LogP contribution in [0.5, 0.6) is 0 Å². The zero-order valence-corrected chi connectivity index (χ0v) is 14.3. The Bertz CT molecular complexity index is 607. The van der Waals surface area contributed by atoms with Gasteiger partial charge < -0.3 is 20.5 Å². The van der Waals surface area contributed by atoms with Crippen LogP contribution >= 0.6 is 0 Å². The first kappa shape index (κ1) is 19.5. The molecule has 0 bridgehead atoms. The monoisotopic (exact) mass is 332 g/mol. The van der Waals surface area contributed by atoms with Gasteiger partial charge in [-0.3, -0.25) is 4.79 Å². The molecular weight excluding hydrogens is 308 g/mol. The number of anilines is 1. The molecule has 6 heteroatoms. The molecule has 0 atom stereocenters. The molecule has 24 heavy (non-hydrogen) atoms. The van der Waals surface area contributed by atoms with Gasteiger partial charge in [0.2, 0.25) is 5.91 Å². The van der Waals surface area contributed by atoms with Crippen molar-refractivity contribution in [2.75, 3.05) is 18.5 Å². The van der Waals surface area contributed by atoms with E-state index in [9.17, 15) is 9.59 Å². The predicted molar refractivity (Wildman–Crippen MR) is 92.5 cm³/mol. The van der Waals surface area contributed by atoms with Gasteiger partial charge in [0.1, 0.15) is 12.2 Å². The molecule has 1 aromatic rings. The van der Waals surface area contributed by atoms with Gasteiger partial charge in [-0.25, -0.2) is 4.79 Å². The summed E-state index contributed by atoms with van der Waals surface area (Å²) in [6.07, 6.45) is 0.329. The summed E-state index contributed by atoms with van der Waals surface area (Å²) in [5, 5.41) is 14.0. The molecule has 6 nitrogen and oxygen atoms in total. The summed E-state index contributed by atoms with van der Waals surface area (Å²) in [4.78, 5) is 23.3. The molecule has 1 aromatic carbocycles. The van der Waals surface area contributed by atoms with Crippen molar-refractivity contribution in [3.63, 3.8) is 0 Å². The second-order valence-corrected chi connectivity index (χ2v) is 6.12. The summed E-state index contributed by atoms with van der Waals surface area (Å²) < 4.78 is 5.10. The standard InChI is InChI=1S/C18H24N2O4/c1-18(2,3)24-17(23)19-12-4-7-16(22)20-15-10-8-14(9-11-15)6-5-13-21/h8-11,21H,4,7,12-13H2,1-3H3,(H,19,23)(H,20,22). The van der Waals surface area contributed by atoms with Crippen molar-refractivity contribution < 1.29 is 19.4 Å². The summed E-state index contributed by atoms with van der Waals surface area (Å²) in [7, 11) is 0. The minimum Gasteiger partial charge on any atom is -0.444 e. The van der Waals surface area contributed by atoms with E-state index in [4.69, 9.17) is 9.84 Å². The van der Waals surface area contributed by atoms with Crippen molar-refractivity contribution >= 4 is 17.7 Å². The fourth-order valence-electron chi connectivity index (χ4n) is 1.76. The molecular formula is C18H24N2O4. The van der Waals surface area contributed by atoms with E-state index in [1.807, 2.05) is 0 Å². The number of nitrogens with one attached hydrogen (secondary N) is 2. The SMILES string of the molecule is CC(C)(C)OC(=O)NCCCC(=O)Nc1ccc(C#CCO)cc1. The van der Waals surface area contributed by atoms with E-state index in [1.165, 1.54) is 0 Å². The van der Waals surface area contributed by atoms with E-state index in [2.05, 4.69) is 22.5 Å². The lowest BCUT2D eigenvalue weighted by atomic mass is 10.2. The number of carbonyl (C=O) groups is 2. The fraction of sp³-hybridized carbons (Fsp3) is 0.444. The van der Waals surface area contributed by atoms with Crippen LogP contribution in [0.2, 0.25) is 0 Å². The van der Waals surface area contributed by atoms with Gasteiger partial charge in [0, 0.05) is 24.2 Å². The highest BCUT2D eigenvalue weighted by atomic mass is 16.6. The number of amides is 2. The molecule has 0 saturated heterocycles. The van der Waals surface area contributed by atoms with Gasteiger partial charge in [0.25, 0.3) is 0 Å². The summed E-state index contributed by atoms with van der Waals surface area (Å²) in [5.74, 6) is 5.20. The topological polar surface area (TPSA) is 87.7 Å². The zero-order valence-electron chi connectivity index (χ0n) is 14.3. The van der Waals surface area contributed by atoms with E-state index in [0.717, 1.165) is 5.56 Å². The van der Waals surface area contributed by atoms with Crippen molar-refractivity contribution in [1.82, 2.24) is 5.32 Å². The van der Waals surface area contributed by atoms with E-state index in [1.54, 1.807) is 45.0 Å². The third kappa shape index (κ3) is 8.81. The Morgan fingerprint density at radius 3 is 2.46 bits per heavy atom. The number of ether oxygens (including phenoxy) is 1. The summed E-state index contributed by atoms with van der Waals surface area (Å²) in [6, 6.07) is 7.03. The Hall–Kier alpha value is -2.52. The van der Waals surface area contributed by atoms with Gasteiger partial charge in [-0.1, -0.05) is 11.8 Å². The number of carbonyl (C=O) groups excluding carboxylic acids is 2. The average Bonchev–Trinajstić information content (AvgIpc) is 2.49. The maximum atomic E-state index is 11.8. The fourth-order valence-corrected chi connectivity index (χ4v) is 1.76. The number of aliphatic hydroxyl groups is 1. The number of hydrogen-bond donors (Lipinski definition) is 3. The highest BCUT2D eigenvalue weighted by molar-refractivity contribution is 5.90. The molecule has 0 aliphatic rings. The van der Waals surface area contributed by atoms with Gasteiger partial charge in [-0.05, 0) is 51.5 Å². The number of benzene rings is 1. The molecule has 0 aliphatic carbocycles. The summed E-state index contributed by atoms with van der Waals surface area (Å²) >= 11 is 0. The van der Waals surface area contributed by atoms with Crippen LogP contribution in [0.4, 0.5) is 10.5 Å². The summed E-state index contributed by atoms with van der Waals surface area (Å²) in [5.41, 5.74) is 0.910. The maximum Gasteiger partial charge on any atom is 0.407 e. The van der Waals surface area contributed by atoms with Crippen LogP contribution in [0.1, 0.15) is 39.2 Å². The molecule has 0 spiro atoms. The van der Waals surface area contributed by atoms with Gasteiger partial charge in [0.15, 0.2) is 0 Å². The van der Waals surface area contributed by atoms with Crippen LogP contribution in [0.25, 0.3) is 0 Å². The van der Waals surface area contributed by atoms with Crippen LogP contribution < -0.4 is 10.6 Å². The quantitative estimate of drug-likeness (QED) is 0.570. The molecule has 0 fully saturated rings. The third-order valence-electron chi connectivity index (χ3n) is 2.73. The zero-order chi connectivity index (χ0) is 18.0. The average molecular weight is 332 g/mol. The van der Waals surface area contributed by atoms with E-state index in [-0.39, 0.29) is 12.5 Å². The highest BCUT2D eigenvalue weighted by Gasteiger charge is 2.15. The highest BCUT2D eigenvalue weighted by Crippen LogP contribution is 2.10. The Morgan fingerprint density at radius 2 is 1.88 bits per heavy atom. The van der Waals surface area contributed by atoms with E-state index < -0.39 is 11.7 Å². The van der Waals surface area contributed by atoms with Gasteiger partial charge in [-0.15, -0.1) is 0 Å². The Balaban J connectivity index is 2.28. The first-order valence-corrected chi connectivity index (χ1v) is 7.76. The largest absolute Gasteiger partial charge is 0.444 e. The Morgan fingerprint density at radius 1 is 1.21 bits per heavy atom. The molecule has 0 aromatic heterocycles. The lowest BCUT2D eigenvalue weighted by Crippen LogP contribution is -2.33. The first-order chi connectivity index (χ1) is 11.3. The van der Waals surface area contributed by atoms with Crippen molar-refractivity contribution in [1.29, 1.82) is 0 Å². The number of hydrogen-bond acceptors (Lipinski definition) is 4. The Kier molecular flexibility index (Phi) is 7.80. The molecule has 0 aliphatic heterocycles. The maximum absolute atomic E-state index is 11.8. The van der Waals surface area contributed by atoms with Crippen molar-refractivity contribution in [2.45, 2.75) is 39.2 Å². The van der Waals surface area contributed by atoms with Crippen LogP contribution in [0, 0.1) is 11.8 Å². The molecule has 0 heterocycles. The predicted octanol–water partition coefficient (Wildman–Crippen LogP) is 2.27. The molecule has 3 N–H and O–H groups in total. The van der Waals surface area contributed by atoms with E-state index in [0.29, 0.717) is 25.1 Å². The number of alkyl carbamates (subject to hydrolysis) is 1. The molecule has 1 rings (SSSR count). The van der Waals surface area contributed by atoms with Gasteiger partial charge >= 0.3 is 6.09 Å². The lowest BCUT2D eigenvalue weighted by Gasteiger charge is -2.19. The molecule has 0 unspecified atom stereocenters. The third-order valence-corrected chi connectivity index (χ3v) is 2.73. The molecule has 2 amide bonds. The molecule has 0 radical (unpaired) electrons. The van der Waals surface area contributed by atoms with E-state index >= 15 is 0 Å². The normalized spacial score (nSPS) is 10.3. The summed E-state index contributed by atoms with van der Waals surface area (Å²) in [6.45, 7) is 5.57. The van der Waals surface area contributed by atoms with Crippen LogP contribution in [0.3, 0.4) is 0 Å². The lowest BCUT2D eigenvalue weighted by molar-refractivity contribution is -0.116. The van der Waals surface area contributed by atoms with Crippen molar-refractivity contribution in [2.24, 2.45) is 0 Å². The minimum atomic E-state index is -0.533. The number of aliphatic hydroxyl groups excluding tert-OH is 1. The second kappa shape index (κ2) is 9.58. The minimum absolute atomic E-state index is 0.129. The van der Waals surface area contributed by atoms with Gasteiger partial charge in [-0.2, -0.15) is 0 Å². The molecule has 130 valence electrons. The first-order valence-electron chi connectivity index (χ1n) is 7.76. The van der Waals surface area contributed by atoms with Crippen LogP contribution in [-0.4, -0.2) is 35.9 Å².